The van der Waals surface area contributed by atoms with E-state index in [1.54, 1.807) is 6.07 Å². The number of benzene rings is 2. The van der Waals surface area contributed by atoms with Crippen molar-refractivity contribution < 1.29 is 9.18 Å². The van der Waals surface area contributed by atoms with Gasteiger partial charge in [-0.15, -0.1) is 0 Å². The largest absolute Gasteiger partial charge is 0.382 e. The van der Waals surface area contributed by atoms with Crippen molar-refractivity contribution in [1.82, 2.24) is 4.98 Å². The summed E-state index contributed by atoms with van der Waals surface area (Å²) in [6.45, 7) is 1.98. The summed E-state index contributed by atoms with van der Waals surface area (Å²) in [5.74, 6) is -0.938. The van der Waals surface area contributed by atoms with Gasteiger partial charge in [0.1, 0.15) is 16.5 Å². The molecule has 0 atom stereocenters. The minimum Gasteiger partial charge on any atom is -0.382 e. The van der Waals surface area contributed by atoms with Gasteiger partial charge in [-0.1, -0.05) is 35.6 Å². The Balaban J connectivity index is 1.89. The van der Waals surface area contributed by atoms with Crippen LogP contribution < -0.4 is 11.1 Å². The van der Waals surface area contributed by atoms with Crippen LogP contribution in [-0.2, 0) is 0 Å². The van der Waals surface area contributed by atoms with E-state index >= 15 is 0 Å². The maximum atomic E-state index is 13.8. The lowest BCUT2D eigenvalue weighted by atomic mass is 10.1. The first-order chi connectivity index (χ1) is 11.0. The molecule has 0 aliphatic rings. The van der Waals surface area contributed by atoms with E-state index in [9.17, 15) is 9.18 Å². The molecule has 0 radical (unpaired) electrons. The number of ketones is 1. The number of thiazole rings is 1. The number of nitrogen functional groups attached to an aromatic ring is 1. The Hall–Kier alpha value is -2.73. The second kappa shape index (κ2) is 6.18. The number of aromatic nitrogens is 1. The fraction of sp³-hybridized carbons (Fsp3) is 0.0588. The van der Waals surface area contributed by atoms with Gasteiger partial charge in [-0.2, -0.15) is 0 Å². The Bertz CT molecular complexity index is 876. The highest BCUT2D eigenvalue weighted by molar-refractivity contribution is 7.18. The first-order valence-electron chi connectivity index (χ1n) is 6.94. The smallest absolute Gasteiger partial charge is 0.209 e. The predicted molar refractivity (Wildman–Crippen MR) is 90.8 cm³/mol. The molecular weight excluding hydrogens is 313 g/mol. The number of halogens is 1. The van der Waals surface area contributed by atoms with Crippen molar-refractivity contribution in [2.45, 2.75) is 6.92 Å². The van der Waals surface area contributed by atoms with Crippen LogP contribution in [0.1, 0.15) is 20.8 Å². The summed E-state index contributed by atoms with van der Waals surface area (Å²) in [4.78, 5) is 16.8. The molecular formula is C17H14FN3OS. The molecule has 0 aliphatic heterocycles. The van der Waals surface area contributed by atoms with Crippen LogP contribution in [0.15, 0.2) is 48.5 Å². The van der Waals surface area contributed by atoms with E-state index in [-0.39, 0.29) is 16.3 Å². The summed E-state index contributed by atoms with van der Waals surface area (Å²) < 4.78 is 13.8. The summed E-state index contributed by atoms with van der Waals surface area (Å²) in [5.41, 5.74) is 7.77. The zero-order valence-electron chi connectivity index (χ0n) is 12.3. The van der Waals surface area contributed by atoms with Crippen molar-refractivity contribution in [1.29, 1.82) is 0 Å². The number of anilines is 3. The molecule has 0 unspecified atom stereocenters. The van der Waals surface area contributed by atoms with E-state index < -0.39 is 11.6 Å². The van der Waals surface area contributed by atoms with Crippen molar-refractivity contribution in [2.24, 2.45) is 0 Å². The summed E-state index contributed by atoms with van der Waals surface area (Å²) in [6, 6.07) is 13.6. The summed E-state index contributed by atoms with van der Waals surface area (Å²) in [6.07, 6.45) is 0. The third-order valence-electron chi connectivity index (χ3n) is 3.25. The SMILES string of the molecule is Cc1cccc(Nc2nc(N)c(C(=O)c3ccccc3F)s2)c1. The molecule has 0 amide bonds. The van der Waals surface area contributed by atoms with Crippen molar-refractivity contribution in [3.8, 4) is 0 Å². The summed E-state index contributed by atoms with van der Waals surface area (Å²) in [7, 11) is 0. The molecule has 2 aromatic carbocycles. The Morgan fingerprint density at radius 2 is 2.00 bits per heavy atom. The molecule has 3 aromatic rings. The third kappa shape index (κ3) is 3.22. The number of aryl methyl sites for hydroxylation is 1. The van der Waals surface area contributed by atoms with Gasteiger partial charge in [-0.25, -0.2) is 9.37 Å². The maximum Gasteiger partial charge on any atom is 0.209 e. The number of hydrogen-bond acceptors (Lipinski definition) is 5. The molecule has 0 aliphatic carbocycles. The highest BCUT2D eigenvalue weighted by atomic mass is 32.1. The van der Waals surface area contributed by atoms with Crippen LogP contribution in [0.4, 0.5) is 21.0 Å². The van der Waals surface area contributed by atoms with Crippen LogP contribution >= 0.6 is 11.3 Å². The zero-order chi connectivity index (χ0) is 16.4. The fourth-order valence-corrected chi connectivity index (χ4v) is 3.02. The predicted octanol–water partition coefficient (Wildman–Crippen LogP) is 4.15. The van der Waals surface area contributed by atoms with Gasteiger partial charge in [-0.05, 0) is 36.8 Å². The van der Waals surface area contributed by atoms with Crippen LogP contribution in [-0.4, -0.2) is 10.8 Å². The van der Waals surface area contributed by atoms with E-state index in [1.165, 1.54) is 18.2 Å². The Morgan fingerprint density at radius 3 is 2.74 bits per heavy atom. The number of nitrogens with two attached hydrogens (primary N) is 1. The third-order valence-corrected chi connectivity index (χ3v) is 4.23. The van der Waals surface area contributed by atoms with Gasteiger partial charge in [0.25, 0.3) is 0 Å². The molecule has 6 heteroatoms. The number of carbonyl (C=O) groups excluding carboxylic acids is 1. The number of hydrogen-bond donors (Lipinski definition) is 2. The Kier molecular flexibility index (Phi) is 4.08. The van der Waals surface area contributed by atoms with E-state index in [2.05, 4.69) is 10.3 Å². The molecule has 3 N–H and O–H groups in total. The second-order valence-electron chi connectivity index (χ2n) is 5.04. The number of nitrogens with zero attached hydrogens (tertiary/aromatic N) is 1. The first kappa shape index (κ1) is 15.2. The van der Waals surface area contributed by atoms with Gasteiger partial charge < -0.3 is 11.1 Å². The number of rotatable bonds is 4. The van der Waals surface area contributed by atoms with Crippen LogP contribution in [0.25, 0.3) is 0 Å². The second-order valence-corrected chi connectivity index (χ2v) is 6.04. The van der Waals surface area contributed by atoms with E-state index in [1.807, 2.05) is 31.2 Å². The molecule has 3 rings (SSSR count). The summed E-state index contributed by atoms with van der Waals surface area (Å²) >= 11 is 1.11. The van der Waals surface area contributed by atoms with E-state index in [0.717, 1.165) is 22.6 Å². The molecule has 1 heterocycles. The Morgan fingerprint density at radius 1 is 1.22 bits per heavy atom. The molecule has 0 spiro atoms. The van der Waals surface area contributed by atoms with Crippen LogP contribution in [0.3, 0.4) is 0 Å². The van der Waals surface area contributed by atoms with E-state index in [4.69, 9.17) is 5.73 Å². The molecule has 23 heavy (non-hydrogen) atoms. The molecule has 116 valence electrons. The van der Waals surface area contributed by atoms with Gasteiger partial charge >= 0.3 is 0 Å². The average Bonchev–Trinajstić information content (AvgIpc) is 2.87. The topological polar surface area (TPSA) is 68.0 Å². The lowest BCUT2D eigenvalue weighted by Gasteiger charge is -2.02. The quantitative estimate of drug-likeness (QED) is 0.707. The van der Waals surface area contributed by atoms with Gasteiger partial charge in [0.05, 0.1) is 5.56 Å². The first-order valence-corrected chi connectivity index (χ1v) is 7.75. The standard InChI is InChI=1S/C17H14FN3OS/c1-10-5-4-6-11(9-10)20-17-21-16(19)15(23-17)14(22)12-7-2-3-8-13(12)18/h2-9H,19H2,1H3,(H,20,21). The number of carbonyl (C=O) groups is 1. The zero-order valence-corrected chi connectivity index (χ0v) is 13.2. The van der Waals surface area contributed by atoms with Crippen LogP contribution in [0.5, 0.6) is 0 Å². The monoisotopic (exact) mass is 327 g/mol. The van der Waals surface area contributed by atoms with Crippen LogP contribution in [0.2, 0.25) is 0 Å². The lowest BCUT2D eigenvalue weighted by molar-refractivity contribution is 0.103. The fourth-order valence-electron chi connectivity index (χ4n) is 2.16. The highest BCUT2D eigenvalue weighted by Crippen LogP contribution is 2.30. The minimum absolute atomic E-state index is 0.00930. The van der Waals surface area contributed by atoms with Crippen molar-refractivity contribution in [3.05, 3.63) is 70.4 Å². The van der Waals surface area contributed by atoms with Gasteiger partial charge in [0.2, 0.25) is 5.78 Å². The number of nitrogens with one attached hydrogen (secondary N) is 1. The van der Waals surface area contributed by atoms with E-state index in [0.29, 0.717) is 5.13 Å². The normalized spacial score (nSPS) is 10.5. The lowest BCUT2D eigenvalue weighted by Crippen LogP contribution is -2.04. The van der Waals surface area contributed by atoms with Crippen molar-refractivity contribution in [2.75, 3.05) is 11.1 Å². The Labute approximate surface area is 136 Å². The van der Waals surface area contributed by atoms with Gasteiger partial charge in [0.15, 0.2) is 5.13 Å². The molecule has 4 nitrogen and oxygen atoms in total. The average molecular weight is 327 g/mol. The molecule has 0 saturated heterocycles. The maximum absolute atomic E-state index is 13.8. The molecule has 0 saturated carbocycles. The highest BCUT2D eigenvalue weighted by Gasteiger charge is 2.20. The molecule has 0 bridgehead atoms. The van der Waals surface area contributed by atoms with Crippen molar-refractivity contribution in [3.63, 3.8) is 0 Å². The van der Waals surface area contributed by atoms with Gasteiger partial charge in [0, 0.05) is 5.69 Å². The molecule has 0 fully saturated rings. The molecule has 1 aromatic heterocycles. The summed E-state index contributed by atoms with van der Waals surface area (Å²) in [5, 5.41) is 3.60. The minimum atomic E-state index is -0.571. The van der Waals surface area contributed by atoms with Gasteiger partial charge in [-0.3, -0.25) is 4.79 Å². The van der Waals surface area contributed by atoms with Crippen LogP contribution in [0, 0.1) is 12.7 Å². The van der Waals surface area contributed by atoms with Crippen molar-refractivity contribution >= 4 is 33.8 Å².